The van der Waals surface area contributed by atoms with Crippen LogP contribution in [0.5, 0.6) is 0 Å². The normalized spacial score (nSPS) is 14.0. The molecular weight excluding hydrogens is 855 g/mol. The van der Waals surface area contributed by atoms with Gasteiger partial charge in [0, 0.05) is 73.0 Å². The number of amides is 3. The molecule has 2 heterocycles. The molecule has 3 aromatic carbocycles. The molecule has 2 aliphatic rings. The summed E-state index contributed by atoms with van der Waals surface area (Å²) < 4.78 is 0. The van der Waals surface area contributed by atoms with Crippen molar-refractivity contribution in [2.45, 2.75) is 84.3 Å². The topological polar surface area (TPSA) is 244 Å². The molecule has 3 amide bonds. The van der Waals surface area contributed by atoms with Crippen molar-refractivity contribution in [2.75, 3.05) is 72.9 Å². The molecule has 1 aliphatic carbocycles. The molecule has 4 aromatic rings. The number of nitrogen functional groups attached to an aromatic ring is 1. The highest BCUT2D eigenvalue weighted by atomic mass is 32.2. The number of fused-ring (bicyclic) bond motifs is 3. The Morgan fingerprint density at radius 2 is 1.53 bits per heavy atom. The smallest absolute Gasteiger partial charge is 0.234 e. The molecule has 352 valence electrons. The Bertz CT molecular complexity index is 2380. The van der Waals surface area contributed by atoms with Gasteiger partial charge in [-0.25, -0.2) is 15.8 Å². The third-order valence-corrected chi connectivity index (χ3v) is 12.8. The average Bonchev–Trinajstić information content (AvgIpc) is 3.30. The number of nitrogens with zero attached hydrogens (tertiary/aromatic N) is 4. The molecule has 10 N–H and O–H groups in total. The van der Waals surface area contributed by atoms with Gasteiger partial charge < -0.3 is 37.6 Å². The van der Waals surface area contributed by atoms with Gasteiger partial charge in [0.15, 0.2) is 16.8 Å². The lowest BCUT2D eigenvalue weighted by molar-refractivity contribution is -0.126. The average molecular weight is 920 g/mol. The zero-order valence-electron chi connectivity index (χ0n) is 38.6. The molecule has 6 rings (SSSR count). The number of anilines is 4. The Morgan fingerprint density at radius 3 is 2.24 bits per heavy atom. The first kappa shape index (κ1) is 49.6. The van der Waals surface area contributed by atoms with E-state index in [1.165, 1.54) is 5.56 Å². The number of aromatic nitrogens is 2. The van der Waals surface area contributed by atoms with Gasteiger partial charge in [-0.15, -0.1) is 0 Å². The summed E-state index contributed by atoms with van der Waals surface area (Å²) in [6, 6.07) is 18.6. The van der Waals surface area contributed by atoms with E-state index in [9.17, 15) is 24.0 Å². The summed E-state index contributed by atoms with van der Waals surface area (Å²) in [5.74, 6) is 6.96. The van der Waals surface area contributed by atoms with E-state index >= 15 is 0 Å². The van der Waals surface area contributed by atoms with Crippen LogP contribution >= 0.6 is 11.8 Å². The molecule has 16 nitrogen and oxygen atoms in total. The lowest BCUT2D eigenvalue weighted by Crippen LogP contribution is -2.43. The summed E-state index contributed by atoms with van der Waals surface area (Å²) in [6.07, 6.45) is 4.92. The van der Waals surface area contributed by atoms with Crippen molar-refractivity contribution in [3.63, 3.8) is 0 Å². The monoisotopic (exact) mass is 919 g/mol. The second-order valence-electron chi connectivity index (χ2n) is 18.0. The predicted octanol–water partition coefficient (Wildman–Crippen LogP) is 5.35. The minimum Gasteiger partial charge on any atom is -0.393 e. The minimum absolute atomic E-state index is 0.0273. The van der Waals surface area contributed by atoms with Crippen LogP contribution in [0.15, 0.2) is 65.8 Å². The van der Waals surface area contributed by atoms with Gasteiger partial charge in [0.25, 0.3) is 0 Å². The first-order chi connectivity index (χ1) is 31.6. The molecule has 0 saturated carbocycles. The highest BCUT2D eigenvalue weighted by Crippen LogP contribution is 2.36. The molecule has 1 fully saturated rings. The highest BCUT2D eigenvalue weighted by molar-refractivity contribution is 7.99. The van der Waals surface area contributed by atoms with Gasteiger partial charge >= 0.3 is 0 Å². The van der Waals surface area contributed by atoms with Crippen molar-refractivity contribution in [3.8, 4) is 11.1 Å². The van der Waals surface area contributed by atoms with Crippen LogP contribution < -0.4 is 43.6 Å². The van der Waals surface area contributed by atoms with Crippen molar-refractivity contribution in [1.82, 2.24) is 25.5 Å². The number of hydrazine groups is 1. The molecule has 1 aromatic heterocycles. The predicted molar refractivity (Wildman–Crippen MR) is 262 cm³/mol. The number of Topliss-reactive ketones (excluding diaryl/α,β-unsaturated/α-hetero) is 2. The fraction of sp³-hybridized carbons (Fsp3) is 0.449. The number of rotatable bonds is 21. The van der Waals surface area contributed by atoms with Crippen molar-refractivity contribution >= 4 is 64.1 Å². The lowest BCUT2D eigenvalue weighted by Gasteiger charge is -2.31. The number of aryl methyl sites for hydroxylation is 2. The second-order valence-corrected chi connectivity index (χ2v) is 19.0. The second kappa shape index (κ2) is 23.0. The van der Waals surface area contributed by atoms with E-state index in [0.717, 1.165) is 62.1 Å². The number of benzene rings is 3. The molecule has 0 unspecified atom stereocenters. The summed E-state index contributed by atoms with van der Waals surface area (Å²) in [4.78, 5) is 75.9. The Balaban J connectivity index is 0.870. The first-order valence-electron chi connectivity index (χ1n) is 22.9. The molecule has 0 spiro atoms. The Kier molecular flexibility index (Phi) is 17.3. The molecule has 1 aliphatic heterocycles. The van der Waals surface area contributed by atoms with Crippen molar-refractivity contribution in [1.29, 1.82) is 0 Å². The van der Waals surface area contributed by atoms with Crippen LogP contribution in [-0.4, -0.2) is 95.7 Å². The number of hydrogen-bond donors (Lipinski definition) is 7. The van der Waals surface area contributed by atoms with Crippen LogP contribution in [0.2, 0.25) is 0 Å². The maximum atomic E-state index is 13.0. The van der Waals surface area contributed by atoms with Gasteiger partial charge in [-0.05, 0) is 91.6 Å². The van der Waals surface area contributed by atoms with Gasteiger partial charge in [-0.2, -0.15) is 0 Å². The number of thioether (sulfide) groups is 1. The number of piperidine rings is 1. The van der Waals surface area contributed by atoms with E-state index in [-0.39, 0.29) is 35.6 Å². The van der Waals surface area contributed by atoms with Crippen molar-refractivity contribution < 1.29 is 24.0 Å². The third kappa shape index (κ3) is 13.1. The number of ketones is 2. The largest absolute Gasteiger partial charge is 0.393 e. The highest BCUT2D eigenvalue weighted by Gasteiger charge is 2.32. The number of hydrogen-bond acceptors (Lipinski definition) is 14. The number of likely N-dealkylation sites (tertiary alicyclic amines) is 1. The van der Waals surface area contributed by atoms with E-state index in [0.29, 0.717) is 90.5 Å². The van der Waals surface area contributed by atoms with Crippen LogP contribution in [0.4, 0.5) is 23.0 Å². The number of nitrogens with two attached hydrogens (primary N) is 3. The minimum atomic E-state index is -0.623. The van der Waals surface area contributed by atoms with Crippen molar-refractivity contribution in [2.24, 2.45) is 22.9 Å². The summed E-state index contributed by atoms with van der Waals surface area (Å²) in [6.45, 7) is 12.3. The van der Waals surface area contributed by atoms with E-state index < -0.39 is 17.0 Å². The van der Waals surface area contributed by atoms with E-state index in [1.54, 1.807) is 67.9 Å². The van der Waals surface area contributed by atoms with Gasteiger partial charge in [0.2, 0.25) is 29.3 Å². The lowest BCUT2D eigenvalue weighted by atomic mass is 9.82. The maximum Gasteiger partial charge on any atom is 0.234 e. The first-order valence-corrected chi connectivity index (χ1v) is 23.9. The van der Waals surface area contributed by atoms with E-state index in [2.05, 4.69) is 55.2 Å². The fourth-order valence-corrected chi connectivity index (χ4v) is 8.56. The van der Waals surface area contributed by atoms with Gasteiger partial charge in [0.1, 0.15) is 5.69 Å². The Morgan fingerprint density at radius 1 is 0.833 bits per heavy atom. The zero-order valence-corrected chi connectivity index (χ0v) is 39.5. The number of carbonyl (C=O) groups excluding carboxylic acids is 5. The summed E-state index contributed by atoms with van der Waals surface area (Å²) in [5.41, 5.74) is 17.2. The summed E-state index contributed by atoms with van der Waals surface area (Å²) in [7, 11) is 0. The number of carbonyl (C=O) groups is 5. The SMILES string of the molecule is CCCSc1nc(NCCN)c(N)c(N(N)Cc2ccc(CCCNC(=O)C3CCN(CCNC(=O)CCc4ccc5c(c4)-c4ccc(NC(=O)C(C)(C)C)cc4C(=O)C5=O)CC3)cc2)n1. The van der Waals surface area contributed by atoms with E-state index in [4.69, 9.17) is 17.3 Å². The Hall–Kier alpha value is -5.88. The van der Waals surface area contributed by atoms with Gasteiger partial charge in [-0.1, -0.05) is 88.0 Å². The molecule has 17 heteroatoms. The summed E-state index contributed by atoms with van der Waals surface area (Å²) >= 11 is 1.55. The van der Waals surface area contributed by atoms with E-state index in [1.807, 2.05) is 18.2 Å². The standard InChI is InChI=1S/C49H65N11O5S/c1-5-27-66-48-57-44(54-22-20-50)41(51)45(58-48)60(52)30-33-10-8-31(9-11-33)7-6-21-55-46(64)34-18-24-59(25-19-34)26-23-53-40(61)17-13-32-12-15-37-38(28-32)36-16-14-35(56-47(65)49(2,3)4)29-39(36)43(63)42(37)62/h8-12,14-16,28-29,34H,5-7,13,17-27,30,50-52H2,1-4H3,(H,53,61)(H,55,64)(H,56,65)(H,54,57,58). The summed E-state index contributed by atoms with van der Waals surface area (Å²) in [5, 5.41) is 14.3. The quantitative estimate of drug-likeness (QED) is 0.0139. The van der Waals surface area contributed by atoms with Crippen LogP contribution in [-0.2, 0) is 33.8 Å². The van der Waals surface area contributed by atoms with Gasteiger partial charge in [-0.3, -0.25) is 29.0 Å². The molecule has 0 radical (unpaired) electrons. The number of nitrogens with one attached hydrogen (secondary N) is 4. The molecular formula is C49H65N11O5S. The van der Waals surface area contributed by atoms with Crippen molar-refractivity contribution in [3.05, 3.63) is 88.5 Å². The molecule has 66 heavy (non-hydrogen) atoms. The van der Waals surface area contributed by atoms with Crippen LogP contribution in [0.3, 0.4) is 0 Å². The maximum absolute atomic E-state index is 13.0. The third-order valence-electron chi connectivity index (χ3n) is 11.7. The van der Waals surface area contributed by atoms with Crippen LogP contribution in [0, 0.1) is 11.3 Å². The fourth-order valence-electron chi connectivity index (χ4n) is 7.87. The van der Waals surface area contributed by atoms with Crippen LogP contribution in [0.1, 0.15) is 97.2 Å². The molecule has 0 bridgehead atoms. The molecule has 1 saturated heterocycles. The molecule has 0 atom stereocenters. The Labute approximate surface area is 392 Å². The van der Waals surface area contributed by atoms with Crippen LogP contribution in [0.25, 0.3) is 11.1 Å². The zero-order chi connectivity index (χ0) is 47.4. The van der Waals surface area contributed by atoms with Gasteiger partial charge in [0.05, 0.1) is 6.54 Å².